The Morgan fingerprint density at radius 1 is 1.47 bits per heavy atom. The van der Waals surface area contributed by atoms with Gasteiger partial charge in [0.2, 0.25) is 0 Å². The topological polar surface area (TPSA) is 57.8 Å². The maximum Gasteiger partial charge on any atom is 0.259 e. The molecule has 19 heavy (non-hydrogen) atoms. The number of aryl methyl sites for hydroxylation is 2. The van der Waals surface area contributed by atoms with E-state index in [4.69, 9.17) is 6.42 Å². The van der Waals surface area contributed by atoms with Crippen LogP contribution in [0, 0.1) is 26.2 Å². The molecule has 0 amide bonds. The molecule has 0 saturated heterocycles. The molecule has 2 aromatic heterocycles. The summed E-state index contributed by atoms with van der Waals surface area (Å²) in [5.74, 6) is 3.26. The van der Waals surface area contributed by atoms with Gasteiger partial charge in [-0.2, -0.15) is 0 Å². The van der Waals surface area contributed by atoms with Gasteiger partial charge in [-0.3, -0.25) is 10.1 Å². The second-order valence-electron chi connectivity index (χ2n) is 5.10. The normalized spacial score (nSPS) is 11.7. The number of aromatic nitrogens is 2. The van der Waals surface area contributed by atoms with Crippen LogP contribution in [0.4, 0.5) is 0 Å². The van der Waals surface area contributed by atoms with Gasteiger partial charge in [0.25, 0.3) is 5.56 Å². The van der Waals surface area contributed by atoms with Crippen molar-refractivity contribution in [2.45, 2.75) is 39.8 Å². The van der Waals surface area contributed by atoms with Crippen LogP contribution < -0.4 is 10.9 Å². The molecule has 2 heterocycles. The van der Waals surface area contributed by atoms with Crippen LogP contribution in [0.1, 0.15) is 30.1 Å². The Balaban J connectivity index is 2.38. The highest BCUT2D eigenvalue weighted by Crippen LogP contribution is 2.25. The summed E-state index contributed by atoms with van der Waals surface area (Å²) in [6.45, 7) is 8.20. The van der Waals surface area contributed by atoms with Crippen LogP contribution in [0.15, 0.2) is 4.79 Å². The van der Waals surface area contributed by atoms with Crippen molar-refractivity contribution in [1.29, 1.82) is 0 Å². The third kappa shape index (κ3) is 2.70. The lowest BCUT2D eigenvalue weighted by atomic mass is 10.1. The molecule has 0 unspecified atom stereocenters. The first-order chi connectivity index (χ1) is 8.84. The monoisotopic (exact) mass is 275 g/mol. The number of nitrogens with zero attached hydrogens (tertiary/aromatic N) is 1. The Hall–Kier alpha value is -1.64. The number of nitrogens with one attached hydrogen (secondary N) is 2. The number of hydrogen-bond acceptors (Lipinski definition) is 4. The highest BCUT2D eigenvalue weighted by Gasteiger charge is 2.15. The molecule has 0 spiro atoms. The molecular formula is C14H17N3OS. The van der Waals surface area contributed by atoms with E-state index in [2.05, 4.69) is 21.2 Å². The Bertz CT molecular complexity index is 719. The van der Waals surface area contributed by atoms with Gasteiger partial charge in [0.1, 0.15) is 10.7 Å². The Labute approximate surface area is 116 Å². The molecule has 5 heteroatoms. The molecule has 2 aromatic rings. The number of fused-ring (bicyclic) bond motifs is 1. The zero-order valence-corrected chi connectivity index (χ0v) is 12.4. The standard InChI is InChI=1S/C14H17N3OS/c1-6-14(4,5)15-7-10-16-12(18)11-8(2)9(3)19-13(11)17-10/h1,15H,7H2,2-5H3,(H,16,17,18). The minimum Gasteiger partial charge on any atom is -0.309 e. The van der Waals surface area contributed by atoms with Gasteiger partial charge in [0.15, 0.2) is 0 Å². The third-order valence-corrected chi connectivity index (χ3v) is 4.25. The summed E-state index contributed by atoms with van der Waals surface area (Å²) in [4.78, 5) is 21.3. The summed E-state index contributed by atoms with van der Waals surface area (Å²) in [5, 5.41) is 3.87. The molecule has 0 bridgehead atoms. The van der Waals surface area contributed by atoms with Gasteiger partial charge in [-0.1, -0.05) is 5.92 Å². The molecule has 0 aliphatic carbocycles. The van der Waals surface area contributed by atoms with E-state index in [1.165, 1.54) is 0 Å². The fourth-order valence-electron chi connectivity index (χ4n) is 1.74. The molecular weight excluding hydrogens is 258 g/mol. The third-order valence-electron chi connectivity index (χ3n) is 3.15. The first-order valence-corrected chi connectivity index (χ1v) is 6.87. The summed E-state index contributed by atoms with van der Waals surface area (Å²) < 4.78 is 0. The van der Waals surface area contributed by atoms with Crippen molar-refractivity contribution in [2.75, 3.05) is 0 Å². The van der Waals surface area contributed by atoms with Crippen molar-refractivity contribution >= 4 is 21.6 Å². The van der Waals surface area contributed by atoms with Gasteiger partial charge in [-0.05, 0) is 33.3 Å². The van der Waals surface area contributed by atoms with Crippen LogP contribution in [0.2, 0.25) is 0 Å². The first kappa shape index (κ1) is 13.8. The smallest absolute Gasteiger partial charge is 0.259 e. The van der Waals surface area contributed by atoms with Crippen molar-refractivity contribution in [1.82, 2.24) is 15.3 Å². The molecule has 0 aliphatic heterocycles. The zero-order valence-electron chi connectivity index (χ0n) is 11.5. The number of aromatic amines is 1. The average molecular weight is 275 g/mol. The van der Waals surface area contributed by atoms with Crippen LogP contribution in [-0.4, -0.2) is 15.5 Å². The number of thiophene rings is 1. The molecule has 2 rings (SSSR count). The fourth-order valence-corrected chi connectivity index (χ4v) is 2.79. The zero-order chi connectivity index (χ0) is 14.2. The quantitative estimate of drug-likeness (QED) is 0.843. The number of rotatable bonds is 3. The van der Waals surface area contributed by atoms with Gasteiger partial charge in [0, 0.05) is 4.88 Å². The predicted molar refractivity (Wildman–Crippen MR) is 79.5 cm³/mol. The van der Waals surface area contributed by atoms with Gasteiger partial charge in [-0.25, -0.2) is 4.98 Å². The van der Waals surface area contributed by atoms with Gasteiger partial charge < -0.3 is 4.98 Å². The van der Waals surface area contributed by atoms with Crippen molar-refractivity contribution in [3.8, 4) is 12.3 Å². The largest absolute Gasteiger partial charge is 0.309 e. The van der Waals surface area contributed by atoms with Crippen LogP contribution >= 0.6 is 11.3 Å². The van der Waals surface area contributed by atoms with Crippen molar-refractivity contribution in [2.24, 2.45) is 0 Å². The van der Waals surface area contributed by atoms with E-state index in [-0.39, 0.29) is 5.56 Å². The lowest BCUT2D eigenvalue weighted by Gasteiger charge is -2.18. The Morgan fingerprint density at radius 2 is 2.16 bits per heavy atom. The highest BCUT2D eigenvalue weighted by atomic mass is 32.1. The summed E-state index contributed by atoms with van der Waals surface area (Å²) in [6, 6.07) is 0. The molecule has 2 N–H and O–H groups in total. The molecule has 0 aromatic carbocycles. The van der Waals surface area contributed by atoms with E-state index in [9.17, 15) is 4.79 Å². The van der Waals surface area contributed by atoms with Gasteiger partial charge in [-0.15, -0.1) is 17.8 Å². The van der Waals surface area contributed by atoms with E-state index in [0.29, 0.717) is 17.8 Å². The van der Waals surface area contributed by atoms with Gasteiger partial charge in [0.05, 0.1) is 17.5 Å². The van der Waals surface area contributed by atoms with E-state index in [0.717, 1.165) is 15.3 Å². The van der Waals surface area contributed by atoms with Crippen LogP contribution in [-0.2, 0) is 6.54 Å². The number of H-pyrrole nitrogens is 1. The van der Waals surface area contributed by atoms with E-state index in [1.807, 2.05) is 27.7 Å². The molecule has 0 saturated carbocycles. The Morgan fingerprint density at radius 3 is 2.79 bits per heavy atom. The van der Waals surface area contributed by atoms with E-state index < -0.39 is 5.54 Å². The summed E-state index contributed by atoms with van der Waals surface area (Å²) >= 11 is 1.55. The summed E-state index contributed by atoms with van der Waals surface area (Å²) in [7, 11) is 0. The number of terminal acetylenes is 1. The predicted octanol–water partition coefficient (Wildman–Crippen LogP) is 2.10. The molecule has 0 radical (unpaired) electrons. The van der Waals surface area contributed by atoms with Crippen molar-refractivity contribution in [3.05, 3.63) is 26.6 Å². The van der Waals surface area contributed by atoms with Crippen LogP contribution in [0.25, 0.3) is 10.2 Å². The molecule has 4 nitrogen and oxygen atoms in total. The minimum atomic E-state index is -0.422. The maximum atomic E-state index is 12.1. The van der Waals surface area contributed by atoms with Crippen LogP contribution in [0.5, 0.6) is 0 Å². The SMILES string of the molecule is C#CC(C)(C)NCc1nc2sc(C)c(C)c2c(=O)[nH]1. The fraction of sp³-hybridized carbons (Fsp3) is 0.429. The summed E-state index contributed by atoms with van der Waals surface area (Å²) in [6.07, 6.45) is 5.41. The maximum absolute atomic E-state index is 12.1. The van der Waals surface area contributed by atoms with Crippen LogP contribution in [0.3, 0.4) is 0 Å². The van der Waals surface area contributed by atoms with Crippen molar-refractivity contribution < 1.29 is 0 Å². The highest BCUT2D eigenvalue weighted by molar-refractivity contribution is 7.18. The van der Waals surface area contributed by atoms with Crippen molar-refractivity contribution in [3.63, 3.8) is 0 Å². The lowest BCUT2D eigenvalue weighted by molar-refractivity contribution is 0.481. The molecule has 0 atom stereocenters. The molecule has 0 fully saturated rings. The number of hydrogen-bond donors (Lipinski definition) is 2. The average Bonchev–Trinajstić information content (AvgIpc) is 2.63. The summed E-state index contributed by atoms with van der Waals surface area (Å²) in [5.41, 5.74) is 0.508. The van der Waals surface area contributed by atoms with Gasteiger partial charge >= 0.3 is 0 Å². The first-order valence-electron chi connectivity index (χ1n) is 6.06. The second kappa shape index (κ2) is 4.80. The lowest BCUT2D eigenvalue weighted by Crippen LogP contribution is -2.37. The van der Waals surface area contributed by atoms with E-state index >= 15 is 0 Å². The molecule has 100 valence electrons. The molecule has 0 aliphatic rings. The second-order valence-corrected chi connectivity index (χ2v) is 6.30. The Kier molecular flexibility index (Phi) is 3.48. The van der Waals surface area contributed by atoms with E-state index in [1.54, 1.807) is 11.3 Å². The minimum absolute atomic E-state index is 0.0813.